The Labute approximate surface area is 155 Å². The molecule has 0 atom stereocenters. The number of fused-ring (bicyclic) bond motifs is 1. The van der Waals surface area contributed by atoms with Crippen LogP contribution < -0.4 is 9.62 Å². The van der Waals surface area contributed by atoms with Crippen molar-refractivity contribution in [1.82, 2.24) is 0 Å². The van der Waals surface area contributed by atoms with Crippen LogP contribution in [0.5, 0.6) is 0 Å². The first-order chi connectivity index (χ1) is 12.4. The number of para-hydroxylation sites is 1. The molecule has 0 radical (unpaired) electrons. The number of halogens is 1. The molecule has 26 heavy (non-hydrogen) atoms. The molecular weight excluding hydrogens is 376 g/mol. The summed E-state index contributed by atoms with van der Waals surface area (Å²) in [6.07, 6.45) is 0.561. The quantitative estimate of drug-likeness (QED) is 0.736. The summed E-state index contributed by atoms with van der Waals surface area (Å²) in [7, 11) is -3.33. The van der Waals surface area contributed by atoms with Gasteiger partial charge in [0.15, 0.2) is 0 Å². The number of amides is 1. The fourth-order valence-electron chi connectivity index (χ4n) is 2.99. The van der Waals surface area contributed by atoms with E-state index in [1.807, 2.05) is 18.2 Å². The SMILES string of the molecule is O=C(Nc1cc2ccccc2o1)c1cc(N2CCCS2(=O)=O)ccc1Cl. The molecule has 4 rings (SSSR count). The molecule has 0 aliphatic carbocycles. The van der Waals surface area contributed by atoms with Crippen molar-refractivity contribution in [2.24, 2.45) is 0 Å². The number of hydrogen-bond acceptors (Lipinski definition) is 4. The van der Waals surface area contributed by atoms with Crippen LogP contribution >= 0.6 is 11.6 Å². The number of carbonyl (C=O) groups is 1. The Morgan fingerprint density at radius 3 is 2.69 bits per heavy atom. The van der Waals surface area contributed by atoms with Gasteiger partial charge >= 0.3 is 0 Å². The normalized spacial score (nSPS) is 16.1. The van der Waals surface area contributed by atoms with Crippen molar-refractivity contribution in [3.05, 3.63) is 59.1 Å². The smallest absolute Gasteiger partial charge is 0.259 e. The zero-order chi connectivity index (χ0) is 18.3. The number of carbonyl (C=O) groups excluding carboxylic acids is 1. The standard InChI is InChI=1S/C18H15ClN2O4S/c19-15-7-6-13(21-8-3-9-26(21,23)24)11-14(15)18(22)20-17-10-12-4-1-2-5-16(12)25-17/h1-2,4-7,10-11H,3,8-9H2,(H,20,22). The van der Waals surface area contributed by atoms with Gasteiger partial charge in [-0.2, -0.15) is 0 Å². The van der Waals surface area contributed by atoms with E-state index in [4.69, 9.17) is 16.0 Å². The van der Waals surface area contributed by atoms with Crippen LogP contribution in [0.3, 0.4) is 0 Å². The Bertz CT molecular complexity index is 1070. The Hall–Kier alpha value is -2.51. The summed E-state index contributed by atoms with van der Waals surface area (Å²) in [5.74, 6) is -0.0603. The molecule has 1 aliphatic heterocycles. The van der Waals surface area contributed by atoms with E-state index < -0.39 is 15.9 Å². The molecule has 6 nitrogen and oxygen atoms in total. The van der Waals surface area contributed by atoms with Crippen molar-refractivity contribution in [3.8, 4) is 0 Å². The molecule has 1 fully saturated rings. The number of furan rings is 1. The number of rotatable bonds is 3. The number of nitrogens with zero attached hydrogens (tertiary/aromatic N) is 1. The van der Waals surface area contributed by atoms with Crippen LogP contribution in [0.25, 0.3) is 11.0 Å². The largest absolute Gasteiger partial charge is 0.440 e. The van der Waals surface area contributed by atoms with Gasteiger partial charge in [0, 0.05) is 18.0 Å². The topological polar surface area (TPSA) is 79.6 Å². The van der Waals surface area contributed by atoms with Crippen LogP contribution in [0.15, 0.2) is 52.9 Å². The summed E-state index contributed by atoms with van der Waals surface area (Å²) >= 11 is 6.15. The molecule has 2 aromatic carbocycles. The Morgan fingerprint density at radius 1 is 1.15 bits per heavy atom. The number of anilines is 2. The lowest BCUT2D eigenvalue weighted by molar-refractivity contribution is 0.102. The number of sulfonamides is 1. The van der Waals surface area contributed by atoms with Gasteiger partial charge in [-0.05, 0) is 30.7 Å². The van der Waals surface area contributed by atoms with Gasteiger partial charge in [-0.15, -0.1) is 0 Å². The number of nitrogens with one attached hydrogen (secondary N) is 1. The van der Waals surface area contributed by atoms with E-state index in [1.54, 1.807) is 18.2 Å². The lowest BCUT2D eigenvalue weighted by Gasteiger charge is -2.18. The maximum Gasteiger partial charge on any atom is 0.259 e. The molecule has 1 saturated heterocycles. The molecule has 134 valence electrons. The van der Waals surface area contributed by atoms with Gasteiger partial charge in [0.1, 0.15) is 5.58 Å². The summed E-state index contributed by atoms with van der Waals surface area (Å²) in [6, 6.07) is 13.7. The number of hydrogen-bond donors (Lipinski definition) is 1. The summed E-state index contributed by atoms with van der Waals surface area (Å²) in [6.45, 7) is 0.397. The lowest BCUT2D eigenvalue weighted by atomic mass is 10.2. The Kier molecular flexibility index (Phi) is 4.13. The summed E-state index contributed by atoms with van der Waals surface area (Å²) < 4.78 is 31.1. The summed E-state index contributed by atoms with van der Waals surface area (Å²) in [5, 5.41) is 3.77. The van der Waals surface area contributed by atoms with Crippen LogP contribution in [-0.4, -0.2) is 26.6 Å². The highest BCUT2D eigenvalue weighted by molar-refractivity contribution is 7.93. The van der Waals surface area contributed by atoms with Gasteiger partial charge in [-0.1, -0.05) is 29.8 Å². The molecule has 0 bridgehead atoms. The maximum atomic E-state index is 12.6. The molecule has 1 amide bonds. The first-order valence-corrected chi connectivity index (χ1v) is 10.0. The van der Waals surface area contributed by atoms with E-state index in [2.05, 4.69) is 5.32 Å². The minimum Gasteiger partial charge on any atom is -0.440 e. The number of benzene rings is 2. The highest BCUT2D eigenvalue weighted by Gasteiger charge is 2.29. The second-order valence-electron chi connectivity index (χ2n) is 6.01. The molecule has 0 saturated carbocycles. The van der Waals surface area contributed by atoms with Crippen LogP contribution in [0.4, 0.5) is 11.6 Å². The van der Waals surface area contributed by atoms with E-state index in [0.29, 0.717) is 30.1 Å². The van der Waals surface area contributed by atoms with Crippen LogP contribution in [0, 0.1) is 0 Å². The van der Waals surface area contributed by atoms with Crippen molar-refractivity contribution in [2.75, 3.05) is 21.9 Å². The second-order valence-corrected chi connectivity index (χ2v) is 8.43. The minimum atomic E-state index is -3.33. The molecule has 3 aromatic rings. The molecule has 1 N–H and O–H groups in total. The predicted octanol–water partition coefficient (Wildman–Crippen LogP) is 3.88. The average Bonchev–Trinajstić information content (AvgIpc) is 3.17. The van der Waals surface area contributed by atoms with E-state index in [9.17, 15) is 13.2 Å². The molecule has 8 heteroatoms. The van der Waals surface area contributed by atoms with E-state index in [1.165, 1.54) is 16.4 Å². The summed E-state index contributed by atoms with van der Waals surface area (Å²) in [4.78, 5) is 12.6. The molecule has 0 spiro atoms. The van der Waals surface area contributed by atoms with Crippen molar-refractivity contribution in [2.45, 2.75) is 6.42 Å². The van der Waals surface area contributed by atoms with Gasteiger partial charge in [-0.3, -0.25) is 14.4 Å². The van der Waals surface area contributed by atoms with Crippen molar-refractivity contribution in [3.63, 3.8) is 0 Å². The fourth-order valence-corrected chi connectivity index (χ4v) is 4.75. The van der Waals surface area contributed by atoms with Crippen molar-refractivity contribution in [1.29, 1.82) is 0 Å². The average molecular weight is 391 g/mol. The van der Waals surface area contributed by atoms with Gasteiger partial charge < -0.3 is 4.42 Å². The van der Waals surface area contributed by atoms with E-state index in [0.717, 1.165) is 5.39 Å². The zero-order valence-electron chi connectivity index (χ0n) is 13.6. The maximum absolute atomic E-state index is 12.6. The molecule has 2 heterocycles. The fraction of sp³-hybridized carbons (Fsp3) is 0.167. The van der Waals surface area contributed by atoms with Crippen LogP contribution in [-0.2, 0) is 10.0 Å². The molecule has 0 unspecified atom stereocenters. The predicted molar refractivity (Wildman–Crippen MR) is 101 cm³/mol. The lowest BCUT2D eigenvalue weighted by Crippen LogP contribution is -2.25. The third-order valence-electron chi connectivity index (χ3n) is 4.24. The van der Waals surface area contributed by atoms with Gasteiger partial charge in [0.2, 0.25) is 15.9 Å². The first-order valence-electron chi connectivity index (χ1n) is 8.04. The summed E-state index contributed by atoms with van der Waals surface area (Å²) in [5.41, 5.74) is 1.28. The van der Waals surface area contributed by atoms with Gasteiger partial charge in [0.05, 0.1) is 22.0 Å². The van der Waals surface area contributed by atoms with Crippen LogP contribution in [0.1, 0.15) is 16.8 Å². The Morgan fingerprint density at radius 2 is 1.96 bits per heavy atom. The van der Waals surface area contributed by atoms with Crippen LogP contribution in [0.2, 0.25) is 5.02 Å². The van der Waals surface area contributed by atoms with Crippen molar-refractivity contribution >= 4 is 50.1 Å². The molecule has 1 aliphatic rings. The highest BCUT2D eigenvalue weighted by Crippen LogP contribution is 2.29. The monoisotopic (exact) mass is 390 g/mol. The van der Waals surface area contributed by atoms with Gasteiger partial charge in [0.25, 0.3) is 5.91 Å². The third-order valence-corrected chi connectivity index (χ3v) is 6.44. The van der Waals surface area contributed by atoms with E-state index >= 15 is 0 Å². The second kappa shape index (κ2) is 6.34. The zero-order valence-corrected chi connectivity index (χ0v) is 15.2. The van der Waals surface area contributed by atoms with E-state index in [-0.39, 0.29) is 16.3 Å². The third kappa shape index (κ3) is 3.04. The Balaban J connectivity index is 1.64. The van der Waals surface area contributed by atoms with Crippen molar-refractivity contribution < 1.29 is 17.6 Å². The first kappa shape index (κ1) is 16.9. The molecular formula is C18H15ClN2O4S. The highest BCUT2D eigenvalue weighted by atomic mass is 35.5. The minimum absolute atomic E-state index is 0.107. The molecule has 1 aromatic heterocycles. The van der Waals surface area contributed by atoms with Gasteiger partial charge in [-0.25, -0.2) is 8.42 Å².